The van der Waals surface area contributed by atoms with Gasteiger partial charge < -0.3 is 9.84 Å². The third kappa shape index (κ3) is 4.56. The molecule has 1 unspecified atom stereocenters. The largest absolute Gasteiger partial charge is 0.390 e. The number of thioether (sulfide) groups is 1. The zero-order valence-electron chi connectivity index (χ0n) is 7.34. The maximum Gasteiger partial charge on any atom is 0.169 e. The van der Waals surface area contributed by atoms with Gasteiger partial charge in [0.05, 0.1) is 12.7 Å². The van der Waals surface area contributed by atoms with Crippen LogP contribution >= 0.6 is 23.3 Å². The second kappa shape index (κ2) is 6.31. The van der Waals surface area contributed by atoms with Crippen molar-refractivity contribution in [2.24, 2.45) is 0 Å². The van der Waals surface area contributed by atoms with E-state index < -0.39 is 6.10 Å². The molecule has 0 radical (unpaired) electrons. The second-order valence-electron chi connectivity index (χ2n) is 2.33. The predicted octanol–water partition coefficient (Wildman–Crippen LogP) is 1.03. The number of aliphatic hydroxyl groups excluding tert-OH is 1. The Balaban J connectivity index is 2.11. The van der Waals surface area contributed by atoms with E-state index in [1.165, 1.54) is 29.6 Å². The SMILES string of the molecule is CCOCC(O)CSc1ncns1. The van der Waals surface area contributed by atoms with E-state index in [0.29, 0.717) is 19.0 Å². The Labute approximate surface area is 85.5 Å². The van der Waals surface area contributed by atoms with Crippen molar-refractivity contribution in [3.05, 3.63) is 6.33 Å². The minimum atomic E-state index is -0.422. The zero-order chi connectivity index (χ0) is 9.52. The summed E-state index contributed by atoms with van der Waals surface area (Å²) in [6.45, 7) is 2.94. The number of aromatic nitrogens is 2. The van der Waals surface area contributed by atoms with Gasteiger partial charge in [0, 0.05) is 12.4 Å². The van der Waals surface area contributed by atoms with Gasteiger partial charge in [-0.25, -0.2) is 4.98 Å². The molecule has 1 aromatic heterocycles. The fraction of sp³-hybridized carbons (Fsp3) is 0.714. The summed E-state index contributed by atoms with van der Waals surface area (Å²) >= 11 is 2.84. The van der Waals surface area contributed by atoms with Gasteiger partial charge in [0.15, 0.2) is 4.34 Å². The van der Waals surface area contributed by atoms with Crippen molar-refractivity contribution >= 4 is 23.3 Å². The smallest absolute Gasteiger partial charge is 0.169 e. The van der Waals surface area contributed by atoms with Crippen LogP contribution in [0.4, 0.5) is 0 Å². The van der Waals surface area contributed by atoms with E-state index in [9.17, 15) is 5.11 Å². The molecule has 0 saturated heterocycles. The molecule has 0 saturated carbocycles. The van der Waals surface area contributed by atoms with Gasteiger partial charge in [-0.15, -0.1) is 0 Å². The summed E-state index contributed by atoms with van der Waals surface area (Å²) in [7, 11) is 0. The Hall–Kier alpha value is -0.170. The summed E-state index contributed by atoms with van der Waals surface area (Å²) in [6.07, 6.45) is 1.09. The molecule has 1 rings (SSSR count). The van der Waals surface area contributed by atoms with Crippen LogP contribution in [-0.4, -0.2) is 39.5 Å². The van der Waals surface area contributed by atoms with Gasteiger partial charge in [-0.05, 0) is 18.5 Å². The van der Waals surface area contributed by atoms with E-state index in [-0.39, 0.29) is 0 Å². The molecule has 0 aliphatic heterocycles. The van der Waals surface area contributed by atoms with Crippen LogP contribution in [0.15, 0.2) is 10.7 Å². The molecule has 0 amide bonds. The van der Waals surface area contributed by atoms with Crippen molar-refractivity contribution in [1.82, 2.24) is 9.36 Å². The summed E-state index contributed by atoms with van der Waals surface area (Å²) < 4.78 is 9.81. The van der Waals surface area contributed by atoms with Crippen molar-refractivity contribution in [2.45, 2.75) is 17.4 Å². The van der Waals surface area contributed by atoms with Crippen molar-refractivity contribution in [1.29, 1.82) is 0 Å². The van der Waals surface area contributed by atoms with E-state index in [1.807, 2.05) is 6.92 Å². The molecule has 6 heteroatoms. The van der Waals surface area contributed by atoms with Gasteiger partial charge in [-0.1, -0.05) is 11.8 Å². The van der Waals surface area contributed by atoms with Gasteiger partial charge in [-0.3, -0.25) is 0 Å². The zero-order valence-corrected chi connectivity index (χ0v) is 8.98. The number of ether oxygens (including phenoxy) is 1. The number of hydrogen-bond acceptors (Lipinski definition) is 6. The molecule has 0 fully saturated rings. The van der Waals surface area contributed by atoms with E-state index in [2.05, 4.69) is 9.36 Å². The lowest BCUT2D eigenvalue weighted by Gasteiger charge is -2.07. The summed E-state index contributed by atoms with van der Waals surface area (Å²) in [4.78, 5) is 3.99. The molecule has 0 bridgehead atoms. The maximum atomic E-state index is 9.39. The molecule has 0 aliphatic rings. The van der Waals surface area contributed by atoms with Crippen LogP contribution < -0.4 is 0 Å². The third-order valence-corrected chi connectivity index (χ3v) is 3.20. The van der Waals surface area contributed by atoms with Crippen LogP contribution in [0.25, 0.3) is 0 Å². The number of rotatable bonds is 6. The van der Waals surface area contributed by atoms with Crippen LogP contribution in [0.5, 0.6) is 0 Å². The maximum absolute atomic E-state index is 9.39. The van der Waals surface area contributed by atoms with Gasteiger partial charge in [-0.2, -0.15) is 4.37 Å². The second-order valence-corrected chi connectivity index (χ2v) is 4.38. The highest BCUT2D eigenvalue weighted by Gasteiger charge is 2.06. The summed E-state index contributed by atoms with van der Waals surface area (Å²) in [5.41, 5.74) is 0. The van der Waals surface area contributed by atoms with Crippen LogP contribution in [0.2, 0.25) is 0 Å². The molecule has 0 aromatic carbocycles. The number of aliphatic hydroxyl groups is 1. The highest BCUT2D eigenvalue weighted by molar-refractivity contribution is 8.00. The molecule has 1 aromatic rings. The Morgan fingerprint density at radius 2 is 2.62 bits per heavy atom. The highest BCUT2D eigenvalue weighted by Crippen LogP contribution is 2.18. The molecule has 0 spiro atoms. The number of hydrogen-bond donors (Lipinski definition) is 1. The van der Waals surface area contributed by atoms with Crippen LogP contribution in [0, 0.1) is 0 Å². The average molecular weight is 220 g/mol. The van der Waals surface area contributed by atoms with Crippen molar-refractivity contribution < 1.29 is 9.84 Å². The average Bonchev–Trinajstić information content (AvgIpc) is 2.64. The fourth-order valence-electron chi connectivity index (χ4n) is 0.696. The van der Waals surface area contributed by atoms with Crippen molar-refractivity contribution in [3.63, 3.8) is 0 Å². The molecular formula is C7H12N2O2S2. The first kappa shape index (κ1) is 10.9. The molecule has 13 heavy (non-hydrogen) atoms. The molecule has 1 heterocycles. The fourth-order valence-corrected chi connectivity index (χ4v) is 2.07. The Bertz CT molecular complexity index is 218. The van der Waals surface area contributed by atoms with Crippen LogP contribution in [-0.2, 0) is 4.74 Å². The van der Waals surface area contributed by atoms with Gasteiger partial charge in [0.25, 0.3) is 0 Å². The Morgan fingerprint density at radius 3 is 3.23 bits per heavy atom. The standard InChI is InChI=1S/C7H12N2O2S2/c1-2-11-3-6(10)4-12-7-8-5-9-13-7/h5-6,10H,2-4H2,1H3. The Morgan fingerprint density at radius 1 is 1.77 bits per heavy atom. The molecule has 74 valence electrons. The van der Waals surface area contributed by atoms with Crippen LogP contribution in [0.1, 0.15) is 6.92 Å². The van der Waals surface area contributed by atoms with Crippen molar-refractivity contribution in [3.8, 4) is 0 Å². The first-order valence-corrected chi connectivity index (χ1v) is 5.74. The lowest BCUT2D eigenvalue weighted by Crippen LogP contribution is -2.17. The van der Waals surface area contributed by atoms with E-state index in [0.717, 1.165) is 4.34 Å². The monoisotopic (exact) mass is 220 g/mol. The summed E-state index contributed by atoms with van der Waals surface area (Å²) in [6, 6.07) is 0. The lowest BCUT2D eigenvalue weighted by molar-refractivity contribution is 0.0551. The molecule has 0 aliphatic carbocycles. The van der Waals surface area contributed by atoms with Gasteiger partial charge in [0.1, 0.15) is 6.33 Å². The highest BCUT2D eigenvalue weighted by atomic mass is 32.2. The minimum Gasteiger partial charge on any atom is -0.390 e. The minimum absolute atomic E-state index is 0.391. The topological polar surface area (TPSA) is 55.2 Å². The Kier molecular flexibility index (Phi) is 5.29. The molecule has 4 nitrogen and oxygen atoms in total. The van der Waals surface area contributed by atoms with E-state index in [1.54, 1.807) is 0 Å². The van der Waals surface area contributed by atoms with Crippen LogP contribution in [0.3, 0.4) is 0 Å². The molecule has 1 atom stereocenters. The third-order valence-electron chi connectivity index (χ3n) is 1.25. The quantitative estimate of drug-likeness (QED) is 0.726. The first-order valence-electron chi connectivity index (χ1n) is 3.98. The van der Waals surface area contributed by atoms with Gasteiger partial charge in [0.2, 0.25) is 0 Å². The van der Waals surface area contributed by atoms with Crippen molar-refractivity contribution in [2.75, 3.05) is 19.0 Å². The summed E-state index contributed by atoms with van der Waals surface area (Å²) in [5, 5.41) is 9.39. The van der Waals surface area contributed by atoms with E-state index >= 15 is 0 Å². The number of nitrogens with zero attached hydrogens (tertiary/aromatic N) is 2. The normalized spacial score (nSPS) is 13.1. The lowest BCUT2D eigenvalue weighted by atomic mass is 10.4. The predicted molar refractivity (Wildman–Crippen MR) is 53.1 cm³/mol. The molecule has 1 N–H and O–H groups in total. The molecular weight excluding hydrogens is 208 g/mol. The first-order chi connectivity index (χ1) is 6.33. The van der Waals surface area contributed by atoms with E-state index in [4.69, 9.17) is 4.74 Å². The van der Waals surface area contributed by atoms with Gasteiger partial charge >= 0.3 is 0 Å². The summed E-state index contributed by atoms with van der Waals surface area (Å²) in [5.74, 6) is 0.606.